The lowest BCUT2D eigenvalue weighted by Gasteiger charge is -2.24. The van der Waals surface area contributed by atoms with Crippen molar-refractivity contribution in [3.63, 3.8) is 0 Å². The Kier molecular flexibility index (Phi) is 7.30. The van der Waals surface area contributed by atoms with Gasteiger partial charge >= 0.3 is 34.6 Å². The van der Waals surface area contributed by atoms with Gasteiger partial charge in [0.1, 0.15) is 19.6 Å². The lowest BCUT2D eigenvalue weighted by atomic mass is 9.87. The number of anilines is 1. The highest BCUT2D eigenvalue weighted by Crippen LogP contribution is 2.23. The van der Waals surface area contributed by atoms with Gasteiger partial charge in [0.2, 0.25) is 11.6 Å². The van der Waals surface area contributed by atoms with Crippen LogP contribution in [0, 0.1) is 5.92 Å². The van der Waals surface area contributed by atoms with Crippen molar-refractivity contribution in [2.75, 3.05) is 5.73 Å². The summed E-state index contributed by atoms with van der Waals surface area (Å²) in [7, 11) is 1.74. The van der Waals surface area contributed by atoms with Gasteiger partial charge in [-0.3, -0.25) is 24.4 Å². The maximum Gasteiger partial charge on any atom is 0.403 e. The number of aromatic amines is 2. The van der Waals surface area contributed by atoms with Crippen LogP contribution in [0.3, 0.4) is 0 Å². The predicted octanol–water partition coefficient (Wildman–Crippen LogP) is -1.29. The van der Waals surface area contributed by atoms with Gasteiger partial charge in [-0.1, -0.05) is 0 Å². The molecular weight excluding hydrogens is 434 g/mol. The van der Waals surface area contributed by atoms with Crippen LogP contribution in [0.5, 0.6) is 0 Å². The molecule has 176 valence electrons. The quantitative estimate of drug-likeness (QED) is 0.298. The second-order valence-corrected chi connectivity index (χ2v) is 7.98. The van der Waals surface area contributed by atoms with Gasteiger partial charge in [-0.05, 0) is 32.1 Å². The number of aliphatic carboxylic acids is 2. The summed E-state index contributed by atoms with van der Waals surface area (Å²) >= 11 is 0. The molecule has 7 N–H and O–H groups in total. The number of rotatable bonds is 8. The summed E-state index contributed by atoms with van der Waals surface area (Å²) in [5.41, 5.74) is 7.61. The molecule has 0 unspecified atom stereocenters. The zero-order valence-corrected chi connectivity index (χ0v) is 18.1. The number of hydrogen-bond acceptors (Lipinski definition) is 7. The van der Waals surface area contributed by atoms with Gasteiger partial charge in [0.05, 0.1) is 0 Å². The number of aliphatic imine (C=N–C) groups is 1. The third-order valence-electron chi connectivity index (χ3n) is 5.71. The van der Waals surface area contributed by atoms with E-state index in [0.717, 1.165) is 11.4 Å². The van der Waals surface area contributed by atoms with Gasteiger partial charge in [0.15, 0.2) is 6.20 Å². The fraction of sp³-hybridized carbons (Fsp3) is 0.500. The average molecular weight is 461 g/mol. The zero-order valence-electron chi connectivity index (χ0n) is 18.1. The zero-order chi connectivity index (χ0) is 24.1. The Morgan fingerprint density at radius 2 is 2.06 bits per heavy atom. The molecule has 13 nitrogen and oxygen atoms in total. The normalized spacial score (nSPS) is 16.9. The summed E-state index contributed by atoms with van der Waals surface area (Å²) in [6, 6.07) is -1.22. The number of nitrogens with two attached hydrogens (primary N) is 1. The topological polar surface area (TPSA) is 206 Å². The van der Waals surface area contributed by atoms with Gasteiger partial charge < -0.3 is 21.3 Å². The summed E-state index contributed by atoms with van der Waals surface area (Å²) in [6.07, 6.45) is 3.43. The van der Waals surface area contributed by atoms with E-state index in [-0.39, 0.29) is 36.2 Å². The van der Waals surface area contributed by atoms with Crippen molar-refractivity contribution in [2.45, 2.75) is 51.1 Å². The van der Waals surface area contributed by atoms with Crippen molar-refractivity contribution in [3.8, 4) is 0 Å². The van der Waals surface area contributed by atoms with Crippen LogP contribution in [-0.2, 0) is 28.0 Å². The highest BCUT2D eigenvalue weighted by atomic mass is 16.4. The van der Waals surface area contributed by atoms with Crippen LogP contribution in [0.25, 0.3) is 11.2 Å². The number of carbonyl (C=O) groups is 3. The van der Waals surface area contributed by atoms with Crippen LogP contribution in [0.4, 0.5) is 5.95 Å². The van der Waals surface area contributed by atoms with Crippen LogP contribution < -0.4 is 26.2 Å². The first-order valence-corrected chi connectivity index (χ1v) is 10.5. The van der Waals surface area contributed by atoms with E-state index in [0.29, 0.717) is 43.4 Å². The number of fused-ring (bicyclic) bond motifs is 1. The molecule has 0 aliphatic heterocycles. The largest absolute Gasteiger partial charge is 0.481 e. The number of carboxylic acids is 2. The molecule has 2 aromatic heterocycles. The minimum atomic E-state index is -1.25. The van der Waals surface area contributed by atoms with E-state index in [9.17, 15) is 24.3 Å². The lowest BCUT2D eigenvalue weighted by Crippen LogP contribution is -2.44. The average Bonchev–Trinajstić information content (AvgIpc) is 2.75. The Morgan fingerprint density at radius 1 is 1.36 bits per heavy atom. The molecule has 1 atom stereocenters. The van der Waals surface area contributed by atoms with Crippen molar-refractivity contribution in [1.29, 1.82) is 0 Å². The van der Waals surface area contributed by atoms with Crippen molar-refractivity contribution in [1.82, 2.24) is 15.3 Å². The van der Waals surface area contributed by atoms with Gasteiger partial charge in [-0.25, -0.2) is 9.78 Å². The molecule has 3 rings (SSSR count). The first-order chi connectivity index (χ1) is 15.7. The monoisotopic (exact) mass is 461 g/mol. The number of hydrogen-bond donors (Lipinski definition) is 5. The minimum Gasteiger partial charge on any atom is -0.481 e. The van der Waals surface area contributed by atoms with Gasteiger partial charge in [-0.2, -0.15) is 4.57 Å². The van der Waals surface area contributed by atoms with Gasteiger partial charge in [0, 0.05) is 23.0 Å². The van der Waals surface area contributed by atoms with Crippen LogP contribution in [0.1, 0.15) is 44.2 Å². The fourth-order valence-corrected chi connectivity index (χ4v) is 3.82. The second kappa shape index (κ2) is 10.1. The number of amides is 1. The van der Waals surface area contributed by atoms with E-state index in [4.69, 9.17) is 10.8 Å². The molecular formula is C20H27N7O6+2. The molecule has 1 amide bonds. The Hall–Kier alpha value is -3.90. The van der Waals surface area contributed by atoms with Crippen LogP contribution >= 0.6 is 0 Å². The Balaban J connectivity index is 1.59. The minimum absolute atomic E-state index is 0.0223. The van der Waals surface area contributed by atoms with Crippen molar-refractivity contribution >= 4 is 40.7 Å². The van der Waals surface area contributed by atoms with Crippen LogP contribution in [-0.4, -0.2) is 49.8 Å². The molecule has 0 radical (unpaired) electrons. The van der Waals surface area contributed by atoms with Gasteiger partial charge in [-0.15, -0.1) is 0 Å². The number of carbonyl (C=O) groups excluding carboxylic acids is 1. The number of nitrogens with zero attached hydrogens (tertiary/aromatic N) is 3. The molecule has 0 bridgehead atoms. The summed E-state index contributed by atoms with van der Waals surface area (Å²) in [6.45, 7) is 0.329. The Morgan fingerprint density at radius 3 is 2.70 bits per heavy atom. The molecule has 0 aromatic carbocycles. The van der Waals surface area contributed by atoms with E-state index < -0.39 is 18.0 Å². The third-order valence-corrected chi connectivity index (χ3v) is 5.71. The Labute approximate surface area is 187 Å². The third kappa shape index (κ3) is 5.87. The number of nitrogens with one attached hydrogen (secondary N) is 3. The standard InChI is InChI=1S/C20H25N7O6/c1-27-12(9-23-16-15(27)18(31)26-20(21)25-16)8-22-11-4-2-10(3-5-11)17(30)24-13(19(32)33)6-7-14(28)29/h9-10,13H,2-8H2,1H3,(H5-,21,23,24,25,26,28,29,30,31,32,33)/p+2/t10?,13-/m0/s1. The van der Waals surface area contributed by atoms with Crippen LogP contribution in [0.15, 0.2) is 16.0 Å². The molecule has 1 aliphatic rings. The molecule has 0 saturated heterocycles. The highest BCUT2D eigenvalue weighted by molar-refractivity contribution is 5.89. The first-order valence-electron chi connectivity index (χ1n) is 10.5. The maximum atomic E-state index is 12.5. The van der Waals surface area contributed by atoms with Gasteiger partial charge in [0.25, 0.3) is 0 Å². The molecule has 1 aliphatic carbocycles. The molecule has 2 aromatic rings. The summed E-state index contributed by atoms with van der Waals surface area (Å²) in [5, 5.41) is 20.4. The van der Waals surface area contributed by atoms with E-state index in [1.807, 2.05) is 0 Å². The smallest absolute Gasteiger partial charge is 0.403 e. The fourth-order valence-electron chi connectivity index (χ4n) is 3.82. The SMILES string of the molecule is C[n+]1c(CN=C2CCC(C(=O)N[C@@H](CCC(=O)O)C(=O)O)CC2)c[nH+]c2nc(N)[nH]c(=O)c21. The van der Waals surface area contributed by atoms with E-state index >= 15 is 0 Å². The van der Waals surface area contributed by atoms with E-state index in [1.54, 1.807) is 17.8 Å². The first kappa shape index (κ1) is 23.8. The molecule has 0 spiro atoms. The number of aromatic nitrogens is 4. The highest BCUT2D eigenvalue weighted by Gasteiger charge is 2.29. The number of nitrogen functional groups attached to an aromatic ring is 1. The summed E-state index contributed by atoms with van der Waals surface area (Å²) in [5.74, 6) is -3.07. The summed E-state index contributed by atoms with van der Waals surface area (Å²) in [4.78, 5) is 60.8. The molecule has 2 heterocycles. The molecule has 1 saturated carbocycles. The maximum absolute atomic E-state index is 12.5. The molecule has 1 fully saturated rings. The summed E-state index contributed by atoms with van der Waals surface area (Å²) < 4.78 is 1.70. The number of carboxylic acid groups (broad SMARTS) is 2. The van der Waals surface area contributed by atoms with Crippen molar-refractivity contribution in [3.05, 3.63) is 22.2 Å². The molecule has 13 heteroatoms. The number of H-pyrrole nitrogens is 2. The van der Waals surface area contributed by atoms with Crippen molar-refractivity contribution in [2.24, 2.45) is 18.0 Å². The second-order valence-electron chi connectivity index (χ2n) is 7.98. The van der Waals surface area contributed by atoms with E-state index in [2.05, 4.69) is 25.3 Å². The van der Waals surface area contributed by atoms with E-state index in [1.165, 1.54) is 0 Å². The lowest BCUT2D eigenvalue weighted by molar-refractivity contribution is -0.661. The number of aryl methyl sites for hydroxylation is 1. The molecule has 33 heavy (non-hydrogen) atoms. The Bertz CT molecular complexity index is 1170. The predicted molar refractivity (Wildman–Crippen MR) is 114 cm³/mol. The van der Waals surface area contributed by atoms with Crippen LogP contribution in [0.2, 0.25) is 0 Å². The van der Waals surface area contributed by atoms with Crippen molar-refractivity contribution < 1.29 is 34.1 Å².